The van der Waals surface area contributed by atoms with E-state index in [4.69, 9.17) is 5.26 Å². The highest BCUT2D eigenvalue weighted by Gasteiger charge is 2.33. The fourth-order valence-electron chi connectivity index (χ4n) is 3.32. The number of amides is 2. The first-order valence-corrected chi connectivity index (χ1v) is 10.1. The quantitative estimate of drug-likeness (QED) is 0.691. The van der Waals surface area contributed by atoms with Crippen molar-refractivity contribution in [3.63, 3.8) is 0 Å². The molecule has 0 spiro atoms. The van der Waals surface area contributed by atoms with Crippen molar-refractivity contribution in [2.75, 3.05) is 11.9 Å². The highest BCUT2D eigenvalue weighted by atomic mass is 32.1. The molecule has 30 heavy (non-hydrogen) atoms. The highest BCUT2D eigenvalue weighted by molar-refractivity contribution is 7.13. The summed E-state index contributed by atoms with van der Waals surface area (Å²) in [4.78, 5) is 27.1. The predicted molar refractivity (Wildman–Crippen MR) is 108 cm³/mol. The number of halogens is 1. The van der Waals surface area contributed by atoms with Crippen LogP contribution in [0.15, 0.2) is 48.5 Å². The molecule has 150 valence electrons. The molecule has 1 fully saturated rings. The first-order chi connectivity index (χ1) is 14.6. The van der Waals surface area contributed by atoms with Crippen LogP contribution in [0, 0.1) is 17.1 Å². The molecule has 1 N–H and O–H groups in total. The summed E-state index contributed by atoms with van der Waals surface area (Å²) in [6, 6.07) is 14.1. The van der Waals surface area contributed by atoms with Crippen LogP contribution in [-0.4, -0.2) is 33.5 Å². The van der Waals surface area contributed by atoms with Gasteiger partial charge in [0.05, 0.1) is 23.4 Å². The Morgan fingerprint density at radius 3 is 2.67 bits per heavy atom. The van der Waals surface area contributed by atoms with E-state index in [1.54, 1.807) is 35.2 Å². The molecule has 7 nitrogen and oxygen atoms in total. The van der Waals surface area contributed by atoms with Crippen LogP contribution in [0.4, 0.5) is 10.1 Å². The molecule has 4 rings (SSSR count). The summed E-state index contributed by atoms with van der Waals surface area (Å²) in [5, 5.41) is 20.1. The van der Waals surface area contributed by atoms with Crippen molar-refractivity contribution in [1.29, 1.82) is 5.26 Å². The number of benzene rings is 2. The van der Waals surface area contributed by atoms with Gasteiger partial charge in [-0.15, -0.1) is 10.2 Å². The highest BCUT2D eigenvalue weighted by Crippen LogP contribution is 2.35. The van der Waals surface area contributed by atoms with Crippen molar-refractivity contribution >= 4 is 28.8 Å². The second kappa shape index (κ2) is 8.39. The maximum Gasteiger partial charge on any atom is 0.286 e. The molecule has 0 aliphatic carbocycles. The number of likely N-dealkylation sites (tertiary alicyclic amines) is 1. The lowest BCUT2D eigenvalue weighted by Gasteiger charge is -2.22. The minimum atomic E-state index is -0.549. The minimum Gasteiger partial charge on any atom is -0.329 e. The predicted octanol–water partition coefficient (Wildman–Crippen LogP) is 3.78. The number of carbonyl (C=O) groups excluding carboxylic acids is 2. The van der Waals surface area contributed by atoms with Crippen LogP contribution in [0.2, 0.25) is 0 Å². The van der Waals surface area contributed by atoms with Crippen molar-refractivity contribution in [2.24, 2.45) is 0 Å². The monoisotopic (exact) mass is 421 g/mol. The Morgan fingerprint density at radius 1 is 1.17 bits per heavy atom. The molecule has 2 heterocycles. The van der Waals surface area contributed by atoms with E-state index in [9.17, 15) is 14.0 Å². The van der Waals surface area contributed by atoms with Gasteiger partial charge in [0.2, 0.25) is 5.01 Å². The van der Waals surface area contributed by atoms with Crippen molar-refractivity contribution in [1.82, 2.24) is 15.1 Å². The Hall–Kier alpha value is -3.64. The normalized spacial score (nSPS) is 15.6. The molecule has 0 unspecified atom stereocenters. The summed E-state index contributed by atoms with van der Waals surface area (Å²) in [7, 11) is 0. The van der Waals surface area contributed by atoms with E-state index in [-0.39, 0.29) is 22.6 Å². The van der Waals surface area contributed by atoms with Gasteiger partial charge in [-0.25, -0.2) is 4.39 Å². The number of anilines is 1. The molecular formula is C21H16FN5O2S. The lowest BCUT2D eigenvalue weighted by molar-refractivity contribution is 0.0735. The number of aromatic nitrogens is 2. The first kappa shape index (κ1) is 19.7. The zero-order valence-corrected chi connectivity index (χ0v) is 16.5. The Labute approximate surface area is 175 Å². The number of nitrogens with one attached hydrogen (secondary N) is 1. The number of carbonyl (C=O) groups is 2. The van der Waals surface area contributed by atoms with E-state index >= 15 is 0 Å². The molecule has 0 radical (unpaired) electrons. The van der Waals surface area contributed by atoms with E-state index < -0.39 is 11.7 Å². The molecule has 9 heteroatoms. The zero-order valence-electron chi connectivity index (χ0n) is 15.7. The van der Waals surface area contributed by atoms with Crippen molar-refractivity contribution in [3.05, 3.63) is 75.5 Å². The summed E-state index contributed by atoms with van der Waals surface area (Å²) < 4.78 is 13.8. The SMILES string of the molecule is N#Cc1ccc(C(=O)N2CCC[C@H]2c2nnc(C(=O)Nc3ccccc3F)s2)cc1. The van der Waals surface area contributed by atoms with Gasteiger partial charge < -0.3 is 10.2 Å². The molecule has 0 bridgehead atoms. The minimum absolute atomic E-state index is 0.0673. The van der Waals surface area contributed by atoms with Crippen LogP contribution >= 0.6 is 11.3 Å². The maximum atomic E-state index is 13.8. The number of hydrogen-bond acceptors (Lipinski definition) is 6. The van der Waals surface area contributed by atoms with Gasteiger partial charge in [-0.05, 0) is 49.2 Å². The van der Waals surface area contributed by atoms with Gasteiger partial charge in [0.25, 0.3) is 11.8 Å². The standard InChI is InChI=1S/C21H16FN5O2S/c22-15-4-1-2-5-16(15)24-18(28)20-26-25-19(30-20)17-6-3-11-27(17)21(29)14-9-7-13(12-23)8-10-14/h1-2,4-5,7-10,17H,3,6,11H2,(H,24,28)/t17-/m0/s1. The Balaban J connectivity index is 1.50. The van der Waals surface area contributed by atoms with E-state index in [1.807, 2.05) is 6.07 Å². The van der Waals surface area contributed by atoms with Gasteiger partial charge in [-0.2, -0.15) is 5.26 Å². The summed E-state index contributed by atoms with van der Waals surface area (Å²) in [5.74, 6) is -1.24. The summed E-state index contributed by atoms with van der Waals surface area (Å²) in [6.45, 7) is 0.569. The van der Waals surface area contributed by atoms with Crippen LogP contribution < -0.4 is 5.32 Å². The van der Waals surface area contributed by atoms with Crippen LogP contribution in [0.5, 0.6) is 0 Å². The Morgan fingerprint density at radius 2 is 1.93 bits per heavy atom. The van der Waals surface area contributed by atoms with Gasteiger partial charge in [0.15, 0.2) is 0 Å². The summed E-state index contributed by atoms with van der Waals surface area (Å²) >= 11 is 1.09. The molecule has 3 aromatic rings. The fraction of sp³-hybridized carbons (Fsp3) is 0.190. The van der Waals surface area contributed by atoms with E-state index in [0.29, 0.717) is 29.1 Å². The van der Waals surface area contributed by atoms with E-state index in [0.717, 1.165) is 17.8 Å². The number of nitriles is 1. The number of para-hydroxylation sites is 1. The maximum absolute atomic E-state index is 13.8. The van der Waals surface area contributed by atoms with Gasteiger partial charge in [0.1, 0.15) is 10.8 Å². The van der Waals surface area contributed by atoms with Crippen LogP contribution in [0.3, 0.4) is 0 Å². The second-order valence-electron chi connectivity index (χ2n) is 6.73. The molecule has 2 aromatic carbocycles. The molecule has 1 atom stereocenters. The van der Waals surface area contributed by atoms with E-state index in [2.05, 4.69) is 15.5 Å². The zero-order chi connectivity index (χ0) is 21.1. The van der Waals surface area contributed by atoms with E-state index in [1.165, 1.54) is 18.2 Å². The lowest BCUT2D eigenvalue weighted by atomic mass is 10.1. The second-order valence-corrected chi connectivity index (χ2v) is 7.73. The molecule has 2 amide bonds. The van der Waals surface area contributed by atoms with Crippen LogP contribution in [-0.2, 0) is 0 Å². The fourth-order valence-corrected chi connectivity index (χ4v) is 4.21. The molecular weight excluding hydrogens is 405 g/mol. The van der Waals surface area contributed by atoms with Crippen molar-refractivity contribution in [2.45, 2.75) is 18.9 Å². The third-order valence-corrected chi connectivity index (χ3v) is 5.84. The largest absolute Gasteiger partial charge is 0.329 e. The molecule has 1 saturated heterocycles. The summed E-state index contributed by atoms with van der Waals surface area (Å²) in [5.41, 5.74) is 1.04. The van der Waals surface area contributed by atoms with Crippen LogP contribution in [0.25, 0.3) is 0 Å². The number of nitrogens with zero attached hydrogens (tertiary/aromatic N) is 4. The molecule has 1 aromatic heterocycles. The average Bonchev–Trinajstić information content (AvgIpc) is 3.44. The number of rotatable bonds is 4. The van der Waals surface area contributed by atoms with Crippen molar-refractivity contribution < 1.29 is 14.0 Å². The van der Waals surface area contributed by atoms with Gasteiger partial charge >= 0.3 is 0 Å². The van der Waals surface area contributed by atoms with Crippen LogP contribution in [0.1, 0.15) is 49.6 Å². The van der Waals surface area contributed by atoms with Gasteiger partial charge in [-0.3, -0.25) is 9.59 Å². The third-order valence-electron chi connectivity index (χ3n) is 4.82. The third kappa shape index (κ3) is 3.90. The van der Waals surface area contributed by atoms with Gasteiger partial charge in [0, 0.05) is 12.1 Å². The lowest BCUT2D eigenvalue weighted by Crippen LogP contribution is -2.30. The smallest absolute Gasteiger partial charge is 0.286 e. The summed E-state index contributed by atoms with van der Waals surface area (Å²) in [6.07, 6.45) is 1.52. The topological polar surface area (TPSA) is 99.0 Å². The van der Waals surface area contributed by atoms with Crippen molar-refractivity contribution in [3.8, 4) is 6.07 Å². The Kier molecular flexibility index (Phi) is 5.50. The average molecular weight is 421 g/mol. The molecule has 0 saturated carbocycles. The molecule has 1 aliphatic rings. The number of hydrogen-bond donors (Lipinski definition) is 1. The first-order valence-electron chi connectivity index (χ1n) is 9.27. The molecule has 1 aliphatic heterocycles. The van der Waals surface area contributed by atoms with Gasteiger partial charge in [-0.1, -0.05) is 23.5 Å². The Bertz CT molecular complexity index is 1140.